The number of methoxy groups -OCH3 is 1. The molecule has 2 rings (SSSR count). The fraction of sp³-hybridized carbons (Fsp3) is 0.176. The first-order valence-corrected chi connectivity index (χ1v) is 8.26. The van der Waals surface area contributed by atoms with E-state index in [4.69, 9.17) is 39.2 Å². The van der Waals surface area contributed by atoms with Crippen LogP contribution in [0.5, 0.6) is 0 Å². The predicted octanol–water partition coefficient (Wildman–Crippen LogP) is 6.16. The van der Waals surface area contributed by atoms with Gasteiger partial charge in [0.1, 0.15) is 11.3 Å². The minimum absolute atomic E-state index is 0.0322. The summed E-state index contributed by atoms with van der Waals surface area (Å²) in [5, 5.41) is -0.522. The molecule has 0 N–H and O–H groups in total. The normalized spacial score (nSPS) is 12.2. The van der Waals surface area contributed by atoms with Crippen LogP contribution in [0.3, 0.4) is 0 Å². The molecule has 1 heterocycles. The molecule has 2 aromatic rings. The van der Waals surface area contributed by atoms with Gasteiger partial charge in [0.15, 0.2) is 5.76 Å². The SMILES string of the molecule is COC(=O)c1cc(C(=O)C=C(c2cc(Cl)c(Cl)c(Cl)c2)C(F)(F)F)oc1C. The highest BCUT2D eigenvalue weighted by Gasteiger charge is 2.36. The van der Waals surface area contributed by atoms with Gasteiger partial charge in [-0.2, -0.15) is 13.2 Å². The number of hydrogen-bond acceptors (Lipinski definition) is 4. The Morgan fingerprint density at radius 2 is 1.67 bits per heavy atom. The highest BCUT2D eigenvalue weighted by Crippen LogP contribution is 2.39. The van der Waals surface area contributed by atoms with Crippen LogP contribution >= 0.6 is 34.8 Å². The average molecular weight is 442 g/mol. The molecule has 27 heavy (non-hydrogen) atoms. The van der Waals surface area contributed by atoms with Crippen LogP contribution in [-0.2, 0) is 4.74 Å². The first-order chi connectivity index (χ1) is 12.5. The van der Waals surface area contributed by atoms with Crippen LogP contribution < -0.4 is 0 Å². The number of carbonyl (C=O) groups excluding carboxylic acids is 2. The van der Waals surface area contributed by atoms with Crippen molar-refractivity contribution in [1.82, 2.24) is 0 Å². The summed E-state index contributed by atoms with van der Waals surface area (Å²) < 4.78 is 50.0. The lowest BCUT2D eigenvalue weighted by Gasteiger charge is -2.13. The predicted molar refractivity (Wildman–Crippen MR) is 94.6 cm³/mol. The molecule has 1 aromatic heterocycles. The van der Waals surface area contributed by atoms with Crippen molar-refractivity contribution in [2.45, 2.75) is 13.1 Å². The third-order valence-corrected chi connectivity index (χ3v) is 4.64. The number of ether oxygens (including phenoxy) is 1. The maximum atomic E-state index is 13.5. The smallest absolute Gasteiger partial charge is 0.417 e. The van der Waals surface area contributed by atoms with Crippen molar-refractivity contribution in [2.75, 3.05) is 7.11 Å². The van der Waals surface area contributed by atoms with Gasteiger partial charge in [0.05, 0.1) is 27.8 Å². The topological polar surface area (TPSA) is 56.5 Å². The van der Waals surface area contributed by atoms with Crippen molar-refractivity contribution >= 4 is 52.1 Å². The third-order valence-electron chi connectivity index (χ3n) is 3.44. The summed E-state index contributed by atoms with van der Waals surface area (Å²) in [5.41, 5.74) is -1.83. The number of alkyl halides is 3. The molecule has 0 amide bonds. The minimum atomic E-state index is -4.90. The molecule has 144 valence electrons. The van der Waals surface area contributed by atoms with Crippen LogP contribution in [0.25, 0.3) is 5.57 Å². The number of halogens is 6. The first kappa shape index (κ1) is 21.3. The van der Waals surface area contributed by atoms with Crippen LogP contribution in [0.4, 0.5) is 13.2 Å². The Kier molecular flexibility index (Phi) is 6.29. The van der Waals surface area contributed by atoms with E-state index in [1.54, 1.807) is 0 Å². The zero-order valence-electron chi connectivity index (χ0n) is 13.7. The summed E-state index contributed by atoms with van der Waals surface area (Å²) >= 11 is 17.3. The van der Waals surface area contributed by atoms with Crippen molar-refractivity contribution in [2.24, 2.45) is 0 Å². The molecule has 0 atom stereocenters. The number of ketones is 1. The zero-order valence-corrected chi connectivity index (χ0v) is 16.0. The van der Waals surface area contributed by atoms with Gasteiger partial charge in [-0.1, -0.05) is 34.8 Å². The maximum Gasteiger partial charge on any atom is 0.417 e. The molecule has 0 aliphatic heterocycles. The highest BCUT2D eigenvalue weighted by molar-refractivity contribution is 6.48. The van der Waals surface area contributed by atoms with Gasteiger partial charge in [0.2, 0.25) is 5.78 Å². The standard InChI is InChI=1S/C17H10Cl3F3O4/c1-7-9(16(25)26-2)5-14(27-7)13(24)6-10(17(21,22)23)8-3-11(18)15(20)12(19)4-8/h3-6H,1-2H3. The summed E-state index contributed by atoms with van der Waals surface area (Å²) in [5.74, 6) is -2.32. The molecule has 1 aromatic carbocycles. The zero-order chi connectivity index (χ0) is 20.5. The van der Waals surface area contributed by atoms with Gasteiger partial charge in [0, 0.05) is 12.1 Å². The van der Waals surface area contributed by atoms with E-state index < -0.39 is 34.8 Å². The number of aryl methyl sites for hydroxylation is 1. The monoisotopic (exact) mass is 440 g/mol. The van der Waals surface area contributed by atoms with Crippen molar-refractivity contribution in [1.29, 1.82) is 0 Å². The molecule has 0 saturated carbocycles. The molecule has 0 fully saturated rings. The lowest BCUT2D eigenvalue weighted by Crippen LogP contribution is -2.13. The van der Waals surface area contributed by atoms with Crippen LogP contribution in [0.1, 0.15) is 32.2 Å². The van der Waals surface area contributed by atoms with Crippen molar-refractivity contribution in [3.8, 4) is 0 Å². The summed E-state index contributed by atoms with van der Waals surface area (Å²) in [4.78, 5) is 23.8. The second-order valence-corrected chi connectivity index (χ2v) is 6.44. The Hall–Kier alpha value is -1.96. The number of carbonyl (C=O) groups is 2. The van der Waals surface area contributed by atoms with Crippen LogP contribution in [0, 0.1) is 6.92 Å². The number of furan rings is 1. The Morgan fingerprint density at radius 1 is 1.11 bits per heavy atom. The highest BCUT2D eigenvalue weighted by atomic mass is 35.5. The maximum absolute atomic E-state index is 13.5. The summed E-state index contributed by atoms with van der Waals surface area (Å²) in [6.07, 6.45) is -4.57. The van der Waals surface area contributed by atoms with Crippen molar-refractivity contribution in [3.05, 3.63) is 62.0 Å². The summed E-state index contributed by atoms with van der Waals surface area (Å²) in [6.45, 7) is 1.37. The van der Waals surface area contributed by atoms with E-state index in [0.717, 1.165) is 25.3 Å². The second kappa shape index (κ2) is 7.96. The quantitative estimate of drug-likeness (QED) is 0.247. The van der Waals surface area contributed by atoms with Crippen LogP contribution in [-0.4, -0.2) is 25.0 Å². The van der Waals surface area contributed by atoms with Gasteiger partial charge in [0.25, 0.3) is 0 Å². The molecule has 0 aliphatic rings. The van der Waals surface area contributed by atoms with Gasteiger partial charge >= 0.3 is 12.1 Å². The van der Waals surface area contributed by atoms with Gasteiger partial charge in [-0.25, -0.2) is 4.79 Å². The van der Waals surface area contributed by atoms with Gasteiger partial charge < -0.3 is 9.15 Å². The lowest BCUT2D eigenvalue weighted by molar-refractivity contribution is -0.0689. The minimum Gasteiger partial charge on any atom is -0.465 e. The Balaban J connectivity index is 2.54. The van der Waals surface area contributed by atoms with E-state index in [1.807, 2.05) is 0 Å². The number of allylic oxidation sites excluding steroid dienone is 2. The van der Waals surface area contributed by atoms with Crippen LogP contribution in [0.15, 0.2) is 28.7 Å². The number of esters is 1. The number of rotatable bonds is 4. The Morgan fingerprint density at radius 3 is 2.15 bits per heavy atom. The van der Waals surface area contributed by atoms with Gasteiger partial charge in [-0.15, -0.1) is 0 Å². The number of benzene rings is 1. The molecular formula is C17H10Cl3F3O4. The molecule has 0 unspecified atom stereocenters. The molecular weight excluding hydrogens is 432 g/mol. The molecule has 10 heteroatoms. The molecule has 0 saturated heterocycles. The summed E-state index contributed by atoms with van der Waals surface area (Å²) in [6, 6.07) is 2.89. The fourth-order valence-electron chi connectivity index (χ4n) is 2.16. The van der Waals surface area contributed by atoms with E-state index in [0.29, 0.717) is 6.08 Å². The van der Waals surface area contributed by atoms with Gasteiger partial charge in [-0.05, 0) is 24.6 Å². The van der Waals surface area contributed by atoms with E-state index in [9.17, 15) is 22.8 Å². The first-order valence-electron chi connectivity index (χ1n) is 7.12. The van der Waals surface area contributed by atoms with E-state index in [-0.39, 0.29) is 26.4 Å². The largest absolute Gasteiger partial charge is 0.465 e. The average Bonchev–Trinajstić information content (AvgIpc) is 2.97. The molecule has 0 spiro atoms. The fourth-order valence-corrected chi connectivity index (χ4v) is 2.75. The van der Waals surface area contributed by atoms with Crippen molar-refractivity contribution < 1.29 is 31.9 Å². The molecule has 0 radical (unpaired) electrons. The second-order valence-electron chi connectivity index (χ2n) is 5.25. The lowest BCUT2D eigenvalue weighted by atomic mass is 10.0. The molecule has 4 nitrogen and oxygen atoms in total. The van der Waals surface area contributed by atoms with E-state index in [2.05, 4.69) is 4.74 Å². The van der Waals surface area contributed by atoms with Gasteiger partial charge in [-0.3, -0.25) is 4.79 Å². The van der Waals surface area contributed by atoms with Crippen LogP contribution in [0.2, 0.25) is 15.1 Å². The number of hydrogen-bond donors (Lipinski definition) is 0. The van der Waals surface area contributed by atoms with E-state index in [1.165, 1.54) is 6.92 Å². The summed E-state index contributed by atoms with van der Waals surface area (Å²) in [7, 11) is 1.12. The molecule has 0 bridgehead atoms. The molecule has 0 aliphatic carbocycles. The van der Waals surface area contributed by atoms with E-state index >= 15 is 0 Å². The Labute approximate surface area is 166 Å². The Bertz CT molecular complexity index is 922. The third kappa shape index (κ3) is 4.66. The van der Waals surface area contributed by atoms with Crippen molar-refractivity contribution in [3.63, 3.8) is 0 Å².